The Morgan fingerprint density at radius 1 is 0.480 bits per heavy atom. The normalized spacial score (nSPS) is 14.0. The van der Waals surface area contributed by atoms with Crippen molar-refractivity contribution in [1.29, 1.82) is 0 Å². The third-order valence-electron chi connectivity index (χ3n) is 6.79. The Hall–Kier alpha value is 0.412. The molecule has 0 saturated heterocycles. The Labute approximate surface area is 165 Å². The Morgan fingerprint density at radius 3 is 0.800 bits per heavy atom. The fourth-order valence-corrected chi connectivity index (χ4v) is 8.24. The molecule has 0 aliphatic carbocycles. The van der Waals surface area contributed by atoms with E-state index >= 15 is 0 Å². The molecule has 0 rings (SSSR count). The lowest BCUT2D eigenvalue weighted by molar-refractivity contribution is 0.0973. The summed E-state index contributed by atoms with van der Waals surface area (Å²) in [6.07, 6.45) is 3.58. The van der Waals surface area contributed by atoms with Crippen LogP contribution in [0.15, 0.2) is 0 Å². The molecule has 4 heteroatoms. The molecule has 0 aliphatic rings. The summed E-state index contributed by atoms with van der Waals surface area (Å²) < 4.78 is 8.61. The maximum absolute atomic E-state index is 2.87. The van der Waals surface area contributed by atoms with Crippen molar-refractivity contribution in [1.82, 2.24) is 11.7 Å². The molecule has 0 amide bonds. The number of hydrogen-bond acceptors (Lipinski definition) is 3. The second-order valence-corrected chi connectivity index (χ2v) is 11.8. The summed E-state index contributed by atoms with van der Waals surface area (Å²) in [5, 5.41) is 0. The van der Waals surface area contributed by atoms with Gasteiger partial charge in [0.15, 0.2) is 0 Å². The zero-order chi connectivity index (χ0) is 20.1. The van der Waals surface area contributed by atoms with Gasteiger partial charge in [0.2, 0.25) is 0 Å². The summed E-state index contributed by atoms with van der Waals surface area (Å²) >= 11 is -1.51. The molecule has 0 aliphatic heterocycles. The van der Waals surface area contributed by atoms with Crippen molar-refractivity contribution in [2.24, 2.45) is 0 Å². The van der Waals surface area contributed by atoms with Crippen molar-refractivity contribution in [3.05, 3.63) is 0 Å². The van der Waals surface area contributed by atoms with E-state index < -0.39 is 14.8 Å². The molecule has 0 aromatic rings. The minimum atomic E-state index is -1.51. The van der Waals surface area contributed by atoms with Gasteiger partial charge in [0.1, 0.15) is 0 Å². The predicted octanol–water partition coefficient (Wildman–Crippen LogP) is 5.50. The van der Waals surface area contributed by atoms with E-state index in [1.165, 1.54) is 19.3 Å². The summed E-state index contributed by atoms with van der Waals surface area (Å²) in [5.74, 6) is 0. The third kappa shape index (κ3) is 5.95. The summed E-state index contributed by atoms with van der Waals surface area (Å²) in [6, 6.07) is 0. The molecule has 0 aromatic carbocycles. The highest BCUT2D eigenvalue weighted by Crippen LogP contribution is 2.32. The lowest BCUT2D eigenvalue weighted by atomic mass is 10.0. The van der Waals surface area contributed by atoms with Crippen LogP contribution < -0.4 is 0 Å². The van der Waals surface area contributed by atoms with Gasteiger partial charge in [-0.1, -0.05) is 41.5 Å². The second-order valence-electron chi connectivity index (χ2n) is 9.20. The van der Waals surface area contributed by atoms with Crippen LogP contribution in [0.2, 0.25) is 0 Å². The van der Waals surface area contributed by atoms with E-state index in [1.54, 1.807) is 0 Å². The molecule has 0 aromatic heterocycles. The largest absolute Gasteiger partial charge is 0.610 e. The van der Waals surface area contributed by atoms with E-state index in [1.807, 2.05) is 0 Å². The maximum Gasteiger partial charge on any atom is 0.610 e. The van der Waals surface area contributed by atoms with Crippen LogP contribution in [0, 0.1) is 0 Å². The Bertz CT molecular complexity index is 322. The van der Waals surface area contributed by atoms with Crippen LogP contribution in [-0.2, 0) is 0 Å². The van der Waals surface area contributed by atoms with Crippen LogP contribution in [-0.4, -0.2) is 62.7 Å². The second kappa shape index (κ2) is 10.1. The topological polar surface area (TPSA) is 9.72 Å². The van der Waals surface area contributed by atoms with Gasteiger partial charge in [0.05, 0.1) is 0 Å². The van der Waals surface area contributed by atoms with E-state index in [0.29, 0.717) is 0 Å². The van der Waals surface area contributed by atoms with Crippen LogP contribution >= 0.6 is 0 Å². The quantitative estimate of drug-likeness (QED) is 0.420. The smallest absolute Gasteiger partial charge is 0.352 e. The minimum Gasteiger partial charge on any atom is -0.352 e. The van der Waals surface area contributed by atoms with E-state index in [4.69, 9.17) is 0 Å². The molecule has 25 heavy (non-hydrogen) atoms. The first kappa shape index (κ1) is 25.4. The Morgan fingerprint density at radius 2 is 0.680 bits per heavy atom. The zero-order valence-electron chi connectivity index (χ0n) is 19.7. The van der Waals surface area contributed by atoms with Crippen molar-refractivity contribution >= 4 is 14.8 Å². The molecule has 0 heterocycles. The first-order chi connectivity index (χ1) is 11.4. The highest BCUT2D eigenvalue weighted by atomic mass is 27.2. The molecule has 0 fully saturated rings. The van der Waals surface area contributed by atoms with E-state index in [0.717, 1.165) is 19.6 Å². The Kier molecular flexibility index (Phi) is 10.3. The molecule has 0 unspecified atom stereocenters. The molecule has 0 N–H and O–H groups in total. The summed E-state index contributed by atoms with van der Waals surface area (Å²) in [7, 11) is 0. The predicted molar refractivity (Wildman–Crippen MR) is 116 cm³/mol. The van der Waals surface area contributed by atoms with Crippen molar-refractivity contribution in [3.63, 3.8) is 0 Å². The van der Waals surface area contributed by atoms with Gasteiger partial charge in [-0.05, 0) is 97.1 Å². The number of rotatable bonds is 12. The van der Waals surface area contributed by atoms with Crippen molar-refractivity contribution in [2.75, 3.05) is 19.6 Å². The fourth-order valence-electron chi connectivity index (χ4n) is 3.83. The van der Waals surface area contributed by atoms with Gasteiger partial charge < -0.3 is 11.7 Å². The first-order valence-electron chi connectivity index (χ1n) is 10.7. The number of nitrogens with zero attached hydrogens (tertiary/aromatic N) is 3. The lowest BCUT2D eigenvalue weighted by Crippen LogP contribution is -2.74. The summed E-state index contributed by atoms with van der Waals surface area (Å²) in [4.78, 5) is 0. The molecular formula is C21H48AlN3. The highest BCUT2D eigenvalue weighted by Gasteiger charge is 2.51. The molecule has 0 saturated carbocycles. The SMILES string of the molecule is CC[N]([Al]([N](CC)C(C)(C)CC)[N](CC)C(C)(C)CC)C(C)(C)CC. The van der Waals surface area contributed by atoms with Crippen LogP contribution in [0.3, 0.4) is 0 Å². The van der Waals surface area contributed by atoms with Gasteiger partial charge in [-0.15, -0.1) is 0 Å². The van der Waals surface area contributed by atoms with Gasteiger partial charge in [-0.2, -0.15) is 0 Å². The fraction of sp³-hybridized carbons (Fsp3) is 1.00. The lowest BCUT2D eigenvalue weighted by Gasteiger charge is -2.55. The van der Waals surface area contributed by atoms with E-state index in [9.17, 15) is 0 Å². The summed E-state index contributed by atoms with van der Waals surface area (Å²) in [6.45, 7) is 32.1. The van der Waals surface area contributed by atoms with Crippen LogP contribution in [0.25, 0.3) is 0 Å². The van der Waals surface area contributed by atoms with Crippen molar-refractivity contribution in [2.45, 2.75) is 119 Å². The van der Waals surface area contributed by atoms with Crippen molar-refractivity contribution in [3.8, 4) is 0 Å². The minimum absolute atomic E-state index is 0.236. The monoisotopic (exact) mass is 369 g/mol. The van der Waals surface area contributed by atoms with Crippen LogP contribution in [0.4, 0.5) is 0 Å². The molecular weight excluding hydrogens is 321 g/mol. The molecule has 0 spiro atoms. The van der Waals surface area contributed by atoms with Gasteiger partial charge >= 0.3 is 14.8 Å². The highest BCUT2D eigenvalue weighted by molar-refractivity contribution is 6.50. The van der Waals surface area contributed by atoms with Crippen LogP contribution in [0.5, 0.6) is 0 Å². The summed E-state index contributed by atoms with van der Waals surface area (Å²) in [5.41, 5.74) is 0.709. The van der Waals surface area contributed by atoms with E-state index in [-0.39, 0.29) is 16.6 Å². The Balaban J connectivity index is 6.37. The van der Waals surface area contributed by atoms with Gasteiger partial charge in [0.25, 0.3) is 0 Å². The average molecular weight is 370 g/mol. The van der Waals surface area contributed by atoms with Gasteiger partial charge in [-0.3, -0.25) is 0 Å². The molecule has 0 atom stereocenters. The average Bonchev–Trinajstić information content (AvgIpc) is 2.55. The molecule has 3 nitrogen and oxygen atoms in total. The molecule has 0 radical (unpaired) electrons. The zero-order valence-corrected chi connectivity index (χ0v) is 20.8. The number of hydrogen-bond donors (Lipinski definition) is 0. The van der Waals surface area contributed by atoms with Crippen molar-refractivity contribution < 1.29 is 0 Å². The molecule has 150 valence electrons. The standard InChI is InChI=1S/3C7H16N.Al/c3*1-5-7(3,4)8-6-2;/h3*5-6H2,1-4H3;/q3*-1;+3. The van der Waals surface area contributed by atoms with E-state index in [2.05, 4.69) is 94.7 Å². The maximum atomic E-state index is 2.87. The molecule has 0 bridgehead atoms. The van der Waals surface area contributed by atoms with Gasteiger partial charge in [0, 0.05) is 0 Å². The third-order valence-corrected chi connectivity index (χ3v) is 11.7. The van der Waals surface area contributed by atoms with Crippen LogP contribution in [0.1, 0.15) is 102 Å². The first-order valence-corrected chi connectivity index (χ1v) is 12.2. The van der Waals surface area contributed by atoms with Gasteiger partial charge in [-0.25, -0.2) is 0 Å².